The van der Waals surface area contributed by atoms with Crippen LogP contribution in [0.3, 0.4) is 0 Å². The molecule has 5 heteroatoms. The minimum Gasteiger partial charge on any atom is -0.223 e. The molecule has 2 aromatic carbocycles. The lowest BCUT2D eigenvalue weighted by Crippen LogP contribution is -2.40. The molecule has 1 aliphatic carbocycles. The van der Waals surface area contributed by atoms with Crippen LogP contribution in [0.2, 0.25) is 0 Å². The number of hydrogen-bond donors (Lipinski definition) is 0. The third-order valence-electron chi connectivity index (χ3n) is 4.82. The Hall–Kier alpha value is -1.25. The smallest absolute Gasteiger partial charge is 0.187 e. The highest BCUT2D eigenvalue weighted by Gasteiger charge is 2.46. The molecule has 0 fully saturated rings. The second kappa shape index (κ2) is 5.68. The maximum Gasteiger partial charge on any atom is 0.187 e. The van der Waals surface area contributed by atoms with Crippen molar-refractivity contribution in [1.29, 1.82) is 0 Å². The first-order valence-electron chi connectivity index (χ1n) is 7.66. The van der Waals surface area contributed by atoms with Gasteiger partial charge in [0.2, 0.25) is 0 Å². The van der Waals surface area contributed by atoms with Gasteiger partial charge in [-0.2, -0.15) is 0 Å². The molecule has 0 saturated carbocycles. The summed E-state index contributed by atoms with van der Waals surface area (Å²) in [5, 5.41) is 0.763. The first-order chi connectivity index (χ1) is 10.8. The SMILES string of the molecule is Cc1ccc(S(=O)(=O)C2(C)CCCc3c(F)ccc(P)c32)cc1. The van der Waals surface area contributed by atoms with E-state index in [1.54, 1.807) is 37.3 Å². The zero-order valence-electron chi connectivity index (χ0n) is 13.3. The number of rotatable bonds is 2. The van der Waals surface area contributed by atoms with Crippen LogP contribution in [0, 0.1) is 12.7 Å². The van der Waals surface area contributed by atoms with Gasteiger partial charge in [0.15, 0.2) is 9.84 Å². The standard InChI is InChI=1S/C18H20FO2PS/c1-12-5-7-13(8-6-12)23(20,21)18(2)11-3-4-14-15(19)9-10-16(22)17(14)18/h5-10H,3-4,11,22H2,1-2H3. The van der Waals surface area contributed by atoms with Crippen molar-refractivity contribution in [2.24, 2.45) is 0 Å². The van der Waals surface area contributed by atoms with Crippen molar-refractivity contribution < 1.29 is 12.8 Å². The molecule has 0 amide bonds. The van der Waals surface area contributed by atoms with Crippen LogP contribution < -0.4 is 5.30 Å². The molecule has 0 spiro atoms. The van der Waals surface area contributed by atoms with Crippen LogP contribution in [0.25, 0.3) is 0 Å². The molecule has 3 rings (SSSR count). The van der Waals surface area contributed by atoms with Crippen LogP contribution in [0.1, 0.15) is 36.5 Å². The molecule has 2 nitrogen and oxygen atoms in total. The van der Waals surface area contributed by atoms with Crippen molar-refractivity contribution in [1.82, 2.24) is 0 Å². The molecule has 1 aliphatic rings. The van der Waals surface area contributed by atoms with Crippen LogP contribution in [-0.4, -0.2) is 8.42 Å². The number of aryl methyl sites for hydroxylation is 1. The first kappa shape index (κ1) is 16.6. The van der Waals surface area contributed by atoms with Crippen molar-refractivity contribution in [3.05, 3.63) is 58.9 Å². The maximum atomic E-state index is 14.2. The van der Waals surface area contributed by atoms with Crippen molar-refractivity contribution in [2.45, 2.75) is 42.8 Å². The normalized spacial score (nSPS) is 21.0. The quantitative estimate of drug-likeness (QED) is 0.775. The molecule has 2 atom stereocenters. The van der Waals surface area contributed by atoms with Crippen molar-refractivity contribution >= 4 is 24.4 Å². The molecule has 23 heavy (non-hydrogen) atoms. The minimum absolute atomic E-state index is 0.298. The van der Waals surface area contributed by atoms with E-state index in [4.69, 9.17) is 0 Å². The van der Waals surface area contributed by atoms with Gasteiger partial charge in [-0.05, 0) is 67.7 Å². The van der Waals surface area contributed by atoms with Gasteiger partial charge in [-0.3, -0.25) is 0 Å². The lowest BCUT2D eigenvalue weighted by Gasteiger charge is -2.37. The summed E-state index contributed by atoms with van der Waals surface area (Å²) in [4.78, 5) is 0.298. The van der Waals surface area contributed by atoms with E-state index >= 15 is 0 Å². The Kier molecular flexibility index (Phi) is 4.10. The Morgan fingerprint density at radius 1 is 1.13 bits per heavy atom. The molecule has 0 N–H and O–H groups in total. The summed E-state index contributed by atoms with van der Waals surface area (Å²) in [7, 11) is -1.05. The Bertz CT molecular complexity index is 859. The van der Waals surface area contributed by atoms with Gasteiger partial charge < -0.3 is 0 Å². The van der Waals surface area contributed by atoms with Crippen molar-refractivity contribution in [3.8, 4) is 0 Å². The fraction of sp³-hybridized carbons (Fsp3) is 0.333. The Labute approximate surface area is 139 Å². The van der Waals surface area contributed by atoms with Crippen LogP contribution in [0.4, 0.5) is 4.39 Å². The highest BCUT2D eigenvalue weighted by atomic mass is 32.2. The summed E-state index contributed by atoms with van der Waals surface area (Å²) in [6.07, 6.45) is 1.75. The topological polar surface area (TPSA) is 34.1 Å². The minimum atomic E-state index is -3.61. The van der Waals surface area contributed by atoms with Crippen LogP contribution >= 0.6 is 9.24 Å². The number of benzene rings is 2. The van der Waals surface area contributed by atoms with Gasteiger partial charge in [0.25, 0.3) is 0 Å². The molecule has 2 aromatic rings. The van der Waals surface area contributed by atoms with Gasteiger partial charge in [0, 0.05) is 0 Å². The van der Waals surface area contributed by atoms with Crippen molar-refractivity contribution in [2.75, 3.05) is 0 Å². The predicted octanol–water partition coefficient (Wildman–Crippen LogP) is 3.66. The average molecular weight is 350 g/mol. The predicted molar refractivity (Wildman–Crippen MR) is 94.4 cm³/mol. The Balaban J connectivity index is 2.25. The number of sulfone groups is 1. The van der Waals surface area contributed by atoms with Gasteiger partial charge >= 0.3 is 0 Å². The zero-order valence-corrected chi connectivity index (χ0v) is 15.2. The second-order valence-electron chi connectivity index (χ2n) is 6.39. The third kappa shape index (κ3) is 2.53. The zero-order chi connectivity index (χ0) is 16.8. The molecule has 0 saturated heterocycles. The van der Waals surface area contributed by atoms with Gasteiger partial charge in [-0.25, -0.2) is 12.8 Å². The van der Waals surface area contributed by atoms with E-state index in [1.165, 1.54) is 6.07 Å². The molecule has 0 aromatic heterocycles. The van der Waals surface area contributed by atoms with Crippen molar-refractivity contribution in [3.63, 3.8) is 0 Å². The van der Waals surface area contributed by atoms with E-state index in [0.717, 1.165) is 10.9 Å². The fourth-order valence-electron chi connectivity index (χ4n) is 3.48. The first-order valence-corrected chi connectivity index (χ1v) is 9.72. The molecular formula is C18H20FO2PS. The van der Waals surface area contributed by atoms with E-state index in [0.29, 0.717) is 35.3 Å². The average Bonchev–Trinajstić information content (AvgIpc) is 2.51. The molecular weight excluding hydrogens is 330 g/mol. The van der Waals surface area contributed by atoms with E-state index in [2.05, 4.69) is 9.24 Å². The summed E-state index contributed by atoms with van der Waals surface area (Å²) < 4.78 is 39.8. The molecule has 0 aliphatic heterocycles. The highest BCUT2D eigenvalue weighted by molar-refractivity contribution is 7.92. The Morgan fingerprint density at radius 2 is 1.78 bits per heavy atom. The lowest BCUT2D eigenvalue weighted by atomic mass is 9.83. The van der Waals surface area contributed by atoms with Crippen LogP contribution in [-0.2, 0) is 21.0 Å². The summed E-state index contributed by atoms with van der Waals surface area (Å²) in [6, 6.07) is 9.96. The van der Waals surface area contributed by atoms with E-state index in [9.17, 15) is 12.8 Å². The van der Waals surface area contributed by atoms with Gasteiger partial charge in [-0.1, -0.05) is 23.8 Å². The van der Waals surface area contributed by atoms with Gasteiger partial charge in [0.1, 0.15) is 5.82 Å². The number of halogens is 1. The molecule has 0 bridgehead atoms. The fourth-order valence-corrected chi connectivity index (χ4v) is 6.11. The largest absolute Gasteiger partial charge is 0.223 e. The third-order valence-corrected chi connectivity index (χ3v) is 7.79. The number of fused-ring (bicyclic) bond motifs is 1. The molecule has 0 radical (unpaired) electrons. The molecule has 2 unspecified atom stereocenters. The van der Waals surface area contributed by atoms with Gasteiger partial charge in [0.05, 0.1) is 9.64 Å². The summed E-state index contributed by atoms with van der Waals surface area (Å²) >= 11 is 0. The molecule has 0 heterocycles. The second-order valence-corrected chi connectivity index (χ2v) is 9.39. The summed E-state index contributed by atoms with van der Waals surface area (Å²) in [6.45, 7) is 3.65. The van der Waals surface area contributed by atoms with E-state index in [-0.39, 0.29) is 5.82 Å². The molecule has 122 valence electrons. The lowest BCUT2D eigenvalue weighted by molar-refractivity contribution is 0.473. The Morgan fingerprint density at radius 3 is 2.43 bits per heavy atom. The van der Waals surface area contributed by atoms with Crippen LogP contribution in [0.15, 0.2) is 41.3 Å². The summed E-state index contributed by atoms with van der Waals surface area (Å²) in [5.41, 5.74) is 2.17. The van der Waals surface area contributed by atoms with E-state index in [1.807, 2.05) is 6.92 Å². The maximum absolute atomic E-state index is 14.2. The van der Waals surface area contributed by atoms with E-state index < -0.39 is 14.6 Å². The number of hydrogen-bond acceptors (Lipinski definition) is 2. The van der Waals surface area contributed by atoms with Crippen LogP contribution in [0.5, 0.6) is 0 Å². The monoisotopic (exact) mass is 350 g/mol. The van der Waals surface area contributed by atoms with Gasteiger partial charge in [-0.15, -0.1) is 9.24 Å². The summed E-state index contributed by atoms with van der Waals surface area (Å²) in [5.74, 6) is -0.309. The highest BCUT2D eigenvalue weighted by Crippen LogP contribution is 2.44.